The topological polar surface area (TPSA) is 79.8 Å². The molecule has 0 saturated carbocycles. The van der Waals surface area contributed by atoms with E-state index in [2.05, 4.69) is 22.8 Å². The Morgan fingerprint density at radius 2 is 2.14 bits per heavy atom. The van der Waals surface area contributed by atoms with Gasteiger partial charge in [0.25, 0.3) is 5.91 Å². The molecule has 0 aromatic heterocycles. The molecule has 0 radical (unpaired) electrons. The van der Waals surface area contributed by atoms with Crippen LogP contribution in [0.3, 0.4) is 0 Å². The Hall–Kier alpha value is -2.37. The van der Waals surface area contributed by atoms with Crippen molar-refractivity contribution in [2.75, 3.05) is 18.6 Å². The van der Waals surface area contributed by atoms with Crippen molar-refractivity contribution < 1.29 is 14.3 Å². The van der Waals surface area contributed by atoms with Gasteiger partial charge in [0.2, 0.25) is 0 Å². The second kappa shape index (κ2) is 6.88. The lowest BCUT2D eigenvalue weighted by molar-refractivity contribution is -0.115. The average molecular weight is 289 g/mol. The summed E-state index contributed by atoms with van der Waals surface area (Å²) >= 11 is 0. The second-order valence-corrected chi connectivity index (χ2v) is 4.99. The SMILES string of the molecule is CCOC(=O)c1ccc(NN=C2CC(C)CNC2=O)cc1. The predicted molar refractivity (Wildman–Crippen MR) is 80.2 cm³/mol. The van der Waals surface area contributed by atoms with E-state index in [1.807, 2.05) is 0 Å². The Balaban J connectivity index is 2.00. The minimum atomic E-state index is -0.351. The van der Waals surface area contributed by atoms with Gasteiger partial charge in [0, 0.05) is 13.0 Å². The Morgan fingerprint density at radius 3 is 2.81 bits per heavy atom. The zero-order valence-corrected chi connectivity index (χ0v) is 12.2. The van der Waals surface area contributed by atoms with E-state index < -0.39 is 0 Å². The summed E-state index contributed by atoms with van der Waals surface area (Å²) < 4.78 is 4.91. The van der Waals surface area contributed by atoms with E-state index >= 15 is 0 Å². The highest BCUT2D eigenvalue weighted by molar-refractivity contribution is 6.39. The number of nitrogens with one attached hydrogen (secondary N) is 2. The highest BCUT2D eigenvalue weighted by Gasteiger charge is 2.21. The highest BCUT2D eigenvalue weighted by atomic mass is 16.5. The smallest absolute Gasteiger partial charge is 0.338 e. The van der Waals surface area contributed by atoms with Crippen LogP contribution in [0.5, 0.6) is 0 Å². The normalized spacial score (nSPS) is 20.0. The molecule has 0 aliphatic carbocycles. The van der Waals surface area contributed by atoms with Crippen molar-refractivity contribution in [1.29, 1.82) is 0 Å². The zero-order chi connectivity index (χ0) is 15.2. The Labute approximate surface area is 123 Å². The molecule has 1 unspecified atom stereocenters. The molecular formula is C15H19N3O3. The molecular weight excluding hydrogens is 270 g/mol. The standard InChI is InChI=1S/C15H19N3O3/c1-3-21-15(20)11-4-6-12(7-5-11)17-18-13-8-10(2)9-16-14(13)19/h4-7,10,17H,3,8-9H2,1-2H3,(H,16,19). The van der Waals surface area contributed by atoms with E-state index in [0.717, 1.165) is 0 Å². The first kappa shape index (κ1) is 15.0. The van der Waals surface area contributed by atoms with Gasteiger partial charge in [0.1, 0.15) is 5.71 Å². The molecule has 1 amide bonds. The lowest BCUT2D eigenvalue weighted by atomic mass is 10.00. The number of hydrogen-bond donors (Lipinski definition) is 2. The number of carbonyl (C=O) groups excluding carboxylic acids is 2. The minimum Gasteiger partial charge on any atom is -0.462 e. The zero-order valence-electron chi connectivity index (χ0n) is 12.2. The van der Waals surface area contributed by atoms with Crippen LogP contribution in [-0.2, 0) is 9.53 Å². The fraction of sp³-hybridized carbons (Fsp3) is 0.400. The van der Waals surface area contributed by atoms with E-state index in [1.54, 1.807) is 31.2 Å². The third-order valence-corrected chi connectivity index (χ3v) is 3.13. The molecule has 0 bridgehead atoms. The molecule has 1 aliphatic heterocycles. The molecule has 6 nitrogen and oxygen atoms in total. The van der Waals surface area contributed by atoms with Crippen molar-refractivity contribution in [1.82, 2.24) is 5.32 Å². The van der Waals surface area contributed by atoms with E-state index in [0.29, 0.717) is 42.5 Å². The molecule has 1 atom stereocenters. The Kier molecular flexibility index (Phi) is 4.92. The summed E-state index contributed by atoms with van der Waals surface area (Å²) in [6.07, 6.45) is 0.653. The third kappa shape index (κ3) is 4.05. The van der Waals surface area contributed by atoms with Gasteiger partial charge < -0.3 is 10.1 Å². The van der Waals surface area contributed by atoms with E-state index in [-0.39, 0.29) is 11.9 Å². The molecule has 1 fully saturated rings. The molecule has 1 aromatic carbocycles. The summed E-state index contributed by atoms with van der Waals surface area (Å²) in [5, 5.41) is 6.92. The maximum atomic E-state index is 11.6. The number of benzene rings is 1. The first-order chi connectivity index (χ1) is 10.1. The Bertz CT molecular complexity index is 552. The van der Waals surface area contributed by atoms with Gasteiger partial charge in [-0.05, 0) is 37.1 Å². The van der Waals surface area contributed by atoms with Crippen molar-refractivity contribution in [2.45, 2.75) is 20.3 Å². The largest absolute Gasteiger partial charge is 0.462 e. The number of hydrazone groups is 1. The van der Waals surface area contributed by atoms with Gasteiger partial charge in [-0.3, -0.25) is 10.2 Å². The molecule has 2 rings (SSSR count). The number of ether oxygens (including phenoxy) is 1. The number of esters is 1. The number of anilines is 1. The molecule has 6 heteroatoms. The van der Waals surface area contributed by atoms with Crippen LogP contribution in [0.25, 0.3) is 0 Å². The first-order valence-corrected chi connectivity index (χ1v) is 6.98. The monoisotopic (exact) mass is 289 g/mol. The van der Waals surface area contributed by atoms with Crippen molar-refractivity contribution >= 4 is 23.3 Å². The highest BCUT2D eigenvalue weighted by Crippen LogP contribution is 2.12. The van der Waals surface area contributed by atoms with Gasteiger partial charge in [0.05, 0.1) is 17.9 Å². The third-order valence-electron chi connectivity index (χ3n) is 3.13. The number of nitrogens with zero attached hydrogens (tertiary/aromatic N) is 1. The molecule has 2 N–H and O–H groups in total. The first-order valence-electron chi connectivity index (χ1n) is 6.98. The molecule has 112 valence electrons. The molecule has 1 heterocycles. The number of rotatable bonds is 4. The van der Waals surface area contributed by atoms with Gasteiger partial charge in [-0.15, -0.1) is 0 Å². The molecule has 1 aromatic rings. The molecule has 21 heavy (non-hydrogen) atoms. The summed E-state index contributed by atoms with van der Waals surface area (Å²) in [4.78, 5) is 23.2. The minimum absolute atomic E-state index is 0.135. The van der Waals surface area contributed by atoms with E-state index in [9.17, 15) is 9.59 Å². The van der Waals surface area contributed by atoms with Crippen LogP contribution in [0, 0.1) is 5.92 Å². The van der Waals surface area contributed by atoms with Gasteiger partial charge >= 0.3 is 5.97 Å². The summed E-state index contributed by atoms with van der Waals surface area (Å²) in [7, 11) is 0. The maximum Gasteiger partial charge on any atom is 0.338 e. The van der Waals surface area contributed by atoms with Gasteiger partial charge in [-0.2, -0.15) is 5.10 Å². The van der Waals surface area contributed by atoms with Crippen LogP contribution in [-0.4, -0.2) is 30.7 Å². The maximum absolute atomic E-state index is 11.6. The second-order valence-electron chi connectivity index (χ2n) is 4.99. The molecule has 1 saturated heterocycles. The fourth-order valence-electron chi connectivity index (χ4n) is 1.99. The number of carbonyl (C=O) groups is 2. The van der Waals surface area contributed by atoms with Crippen LogP contribution in [0.4, 0.5) is 5.69 Å². The van der Waals surface area contributed by atoms with E-state index in [1.165, 1.54) is 0 Å². The molecule has 1 aliphatic rings. The Morgan fingerprint density at radius 1 is 1.43 bits per heavy atom. The van der Waals surface area contributed by atoms with Gasteiger partial charge in [0.15, 0.2) is 0 Å². The van der Waals surface area contributed by atoms with Crippen molar-refractivity contribution in [2.24, 2.45) is 11.0 Å². The van der Waals surface area contributed by atoms with Crippen LogP contribution < -0.4 is 10.7 Å². The predicted octanol–water partition coefficient (Wildman–Crippen LogP) is 1.79. The van der Waals surface area contributed by atoms with Crippen LogP contribution in [0.2, 0.25) is 0 Å². The van der Waals surface area contributed by atoms with Crippen LogP contribution in [0.15, 0.2) is 29.4 Å². The summed E-state index contributed by atoms with van der Waals surface area (Å²) in [5.41, 5.74) is 4.52. The quantitative estimate of drug-likeness (QED) is 0.654. The lowest BCUT2D eigenvalue weighted by Crippen LogP contribution is -2.41. The van der Waals surface area contributed by atoms with E-state index in [4.69, 9.17) is 4.74 Å². The van der Waals surface area contributed by atoms with Crippen LogP contribution >= 0.6 is 0 Å². The van der Waals surface area contributed by atoms with Crippen molar-refractivity contribution in [3.05, 3.63) is 29.8 Å². The molecule has 0 spiro atoms. The fourth-order valence-corrected chi connectivity index (χ4v) is 1.99. The average Bonchev–Trinajstić information content (AvgIpc) is 2.49. The summed E-state index contributed by atoms with van der Waals surface area (Å²) in [6.45, 7) is 4.86. The van der Waals surface area contributed by atoms with Gasteiger partial charge in [-0.25, -0.2) is 4.79 Å². The number of amides is 1. The number of piperidine rings is 1. The van der Waals surface area contributed by atoms with Crippen molar-refractivity contribution in [3.63, 3.8) is 0 Å². The lowest BCUT2D eigenvalue weighted by Gasteiger charge is -2.19. The van der Waals surface area contributed by atoms with Crippen molar-refractivity contribution in [3.8, 4) is 0 Å². The number of hydrogen-bond acceptors (Lipinski definition) is 5. The van der Waals surface area contributed by atoms with Gasteiger partial charge in [-0.1, -0.05) is 6.92 Å². The summed E-state index contributed by atoms with van der Waals surface area (Å²) in [5.74, 6) is -0.103. The van der Waals surface area contributed by atoms with Crippen LogP contribution in [0.1, 0.15) is 30.6 Å². The summed E-state index contributed by atoms with van der Waals surface area (Å²) in [6, 6.07) is 6.76.